The summed E-state index contributed by atoms with van der Waals surface area (Å²) in [5.74, 6) is -0.358. The van der Waals surface area contributed by atoms with Gasteiger partial charge in [-0.25, -0.2) is 4.39 Å². The highest BCUT2D eigenvalue weighted by Gasteiger charge is 2.24. The molecule has 0 spiro atoms. The first kappa shape index (κ1) is 11.6. The van der Waals surface area contributed by atoms with Crippen molar-refractivity contribution < 1.29 is 9.18 Å². The minimum absolute atomic E-state index is 0.0793. The number of nitrogens with one attached hydrogen (secondary N) is 1. The number of hydrogen-bond acceptors (Lipinski definition) is 3. The molecule has 0 saturated heterocycles. The Bertz CT molecular complexity index is 404. The van der Waals surface area contributed by atoms with Crippen molar-refractivity contribution in [2.75, 3.05) is 13.6 Å². The number of carbonyl (C=O) groups is 1. The van der Waals surface area contributed by atoms with E-state index in [4.69, 9.17) is 0 Å². The molecule has 1 aromatic carbocycles. The summed E-state index contributed by atoms with van der Waals surface area (Å²) in [5.41, 5.74) is 0.437. The van der Waals surface area contributed by atoms with Crippen LogP contribution in [-0.2, 0) is 0 Å². The van der Waals surface area contributed by atoms with Crippen molar-refractivity contribution in [3.63, 3.8) is 0 Å². The van der Waals surface area contributed by atoms with Crippen LogP contribution in [0.4, 0.5) is 4.39 Å². The lowest BCUT2D eigenvalue weighted by atomic mass is 10.1. The van der Waals surface area contributed by atoms with Gasteiger partial charge in [-0.15, -0.1) is 11.8 Å². The Balaban J connectivity index is 2.11. The van der Waals surface area contributed by atoms with E-state index in [2.05, 4.69) is 5.32 Å². The fraction of sp³-hybridized carbons (Fsp3) is 0.417. The first-order valence-corrected chi connectivity index (χ1v) is 6.22. The molecule has 1 aliphatic carbocycles. The Morgan fingerprint density at radius 1 is 1.56 bits per heavy atom. The van der Waals surface area contributed by atoms with Gasteiger partial charge in [0.25, 0.3) is 0 Å². The maximum Gasteiger partial charge on any atom is 0.176 e. The Labute approximate surface area is 98.6 Å². The van der Waals surface area contributed by atoms with Gasteiger partial charge in [-0.05, 0) is 32.0 Å². The lowest BCUT2D eigenvalue weighted by Gasteiger charge is -2.04. The molecule has 1 fully saturated rings. The Hall–Kier alpha value is -0.870. The molecular weight excluding hydrogens is 225 g/mol. The fourth-order valence-corrected chi connectivity index (χ4v) is 2.45. The van der Waals surface area contributed by atoms with E-state index in [0.717, 1.165) is 0 Å². The van der Waals surface area contributed by atoms with Gasteiger partial charge in [0.1, 0.15) is 5.82 Å². The molecule has 1 N–H and O–H groups in total. The van der Waals surface area contributed by atoms with E-state index in [1.807, 2.05) is 0 Å². The van der Waals surface area contributed by atoms with E-state index < -0.39 is 0 Å². The highest BCUT2D eigenvalue weighted by molar-refractivity contribution is 8.00. The summed E-state index contributed by atoms with van der Waals surface area (Å²) in [7, 11) is 1.70. The van der Waals surface area contributed by atoms with Crippen molar-refractivity contribution in [1.82, 2.24) is 5.32 Å². The van der Waals surface area contributed by atoms with Crippen LogP contribution in [0.2, 0.25) is 0 Å². The molecule has 4 heteroatoms. The molecule has 1 aliphatic rings. The number of rotatable bonds is 5. The van der Waals surface area contributed by atoms with Gasteiger partial charge in [-0.3, -0.25) is 4.79 Å². The average Bonchev–Trinajstić information content (AvgIpc) is 3.05. The van der Waals surface area contributed by atoms with Crippen LogP contribution in [0.3, 0.4) is 0 Å². The first-order valence-electron chi connectivity index (χ1n) is 5.34. The predicted molar refractivity (Wildman–Crippen MR) is 63.5 cm³/mol. The predicted octanol–water partition coefficient (Wildman–Crippen LogP) is 2.48. The van der Waals surface area contributed by atoms with Gasteiger partial charge in [0.2, 0.25) is 0 Å². The standard InChI is InChI=1S/C12H14FNOS/c1-14-7-11(15)8-2-5-12(10(13)6-8)16-9-3-4-9/h2,5-6,9,14H,3-4,7H2,1H3. The quantitative estimate of drug-likeness (QED) is 0.800. The summed E-state index contributed by atoms with van der Waals surface area (Å²) in [6.07, 6.45) is 2.34. The zero-order chi connectivity index (χ0) is 11.5. The minimum atomic E-state index is -0.279. The van der Waals surface area contributed by atoms with Crippen molar-refractivity contribution in [1.29, 1.82) is 0 Å². The monoisotopic (exact) mass is 239 g/mol. The van der Waals surface area contributed by atoms with Crippen molar-refractivity contribution >= 4 is 17.5 Å². The Morgan fingerprint density at radius 3 is 2.88 bits per heavy atom. The van der Waals surface area contributed by atoms with Crippen molar-refractivity contribution in [2.45, 2.75) is 23.0 Å². The Kier molecular flexibility index (Phi) is 3.61. The van der Waals surface area contributed by atoms with Crippen LogP contribution < -0.4 is 5.32 Å². The molecule has 2 nitrogen and oxygen atoms in total. The lowest BCUT2D eigenvalue weighted by Crippen LogP contribution is -2.18. The van der Waals surface area contributed by atoms with Crippen molar-refractivity contribution in [3.05, 3.63) is 29.6 Å². The molecule has 0 atom stereocenters. The second-order valence-corrected chi connectivity index (χ2v) is 5.26. The summed E-state index contributed by atoms with van der Waals surface area (Å²) >= 11 is 1.57. The molecular formula is C12H14FNOS. The van der Waals surface area contributed by atoms with Crippen molar-refractivity contribution in [3.8, 4) is 0 Å². The van der Waals surface area contributed by atoms with E-state index in [0.29, 0.717) is 15.7 Å². The van der Waals surface area contributed by atoms with Gasteiger partial charge in [0, 0.05) is 15.7 Å². The third-order valence-electron chi connectivity index (χ3n) is 2.41. The maximum atomic E-state index is 13.6. The van der Waals surface area contributed by atoms with E-state index >= 15 is 0 Å². The molecule has 0 bridgehead atoms. The number of thioether (sulfide) groups is 1. The zero-order valence-corrected chi connectivity index (χ0v) is 9.94. The number of halogens is 1. The molecule has 86 valence electrons. The molecule has 0 aliphatic heterocycles. The van der Waals surface area contributed by atoms with Crippen LogP contribution in [0.25, 0.3) is 0 Å². The van der Waals surface area contributed by atoms with Gasteiger partial charge < -0.3 is 5.32 Å². The van der Waals surface area contributed by atoms with E-state index in [-0.39, 0.29) is 18.1 Å². The summed E-state index contributed by atoms with van der Waals surface area (Å²) in [5, 5.41) is 3.34. The molecule has 0 aromatic heterocycles. The third kappa shape index (κ3) is 2.83. The largest absolute Gasteiger partial charge is 0.313 e. The second kappa shape index (κ2) is 4.97. The molecule has 2 rings (SSSR count). The molecule has 1 aromatic rings. The average molecular weight is 239 g/mol. The van der Waals surface area contributed by atoms with E-state index in [9.17, 15) is 9.18 Å². The highest BCUT2D eigenvalue weighted by Crippen LogP contribution is 2.40. The van der Waals surface area contributed by atoms with Crippen LogP contribution >= 0.6 is 11.8 Å². The van der Waals surface area contributed by atoms with Crippen LogP contribution in [0, 0.1) is 5.82 Å². The van der Waals surface area contributed by atoms with Gasteiger partial charge in [-0.2, -0.15) is 0 Å². The fourth-order valence-electron chi connectivity index (χ4n) is 1.40. The van der Waals surface area contributed by atoms with Crippen LogP contribution in [0.5, 0.6) is 0 Å². The smallest absolute Gasteiger partial charge is 0.176 e. The number of carbonyl (C=O) groups excluding carboxylic acids is 1. The van der Waals surface area contributed by atoms with Gasteiger partial charge in [0.05, 0.1) is 6.54 Å². The van der Waals surface area contributed by atoms with Crippen LogP contribution in [-0.4, -0.2) is 24.6 Å². The molecule has 1 saturated carbocycles. The summed E-state index contributed by atoms with van der Waals surface area (Å²) < 4.78 is 13.6. The number of likely N-dealkylation sites (N-methyl/N-ethyl adjacent to an activating group) is 1. The highest BCUT2D eigenvalue weighted by atomic mass is 32.2. The number of benzene rings is 1. The number of hydrogen-bond donors (Lipinski definition) is 1. The van der Waals surface area contributed by atoms with Gasteiger partial charge in [-0.1, -0.05) is 6.07 Å². The molecule has 0 heterocycles. The van der Waals surface area contributed by atoms with Gasteiger partial charge >= 0.3 is 0 Å². The van der Waals surface area contributed by atoms with Crippen molar-refractivity contribution in [2.24, 2.45) is 0 Å². The minimum Gasteiger partial charge on any atom is -0.313 e. The molecule has 0 unspecified atom stereocenters. The summed E-state index contributed by atoms with van der Waals surface area (Å²) in [6.45, 7) is 0.245. The summed E-state index contributed by atoms with van der Waals surface area (Å²) in [4.78, 5) is 12.2. The lowest BCUT2D eigenvalue weighted by molar-refractivity contribution is 0.0993. The second-order valence-electron chi connectivity index (χ2n) is 3.92. The van der Waals surface area contributed by atoms with E-state index in [1.165, 1.54) is 18.9 Å². The number of ketones is 1. The molecule has 16 heavy (non-hydrogen) atoms. The normalized spacial score (nSPS) is 15.1. The summed E-state index contributed by atoms with van der Waals surface area (Å²) in [6, 6.07) is 4.75. The third-order valence-corrected chi connectivity index (χ3v) is 3.80. The van der Waals surface area contributed by atoms with Crippen LogP contribution in [0.1, 0.15) is 23.2 Å². The maximum absolute atomic E-state index is 13.6. The van der Waals surface area contributed by atoms with Gasteiger partial charge in [0.15, 0.2) is 5.78 Å². The number of Topliss-reactive ketones (excluding diaryl/α,β-unsaturated/α-hetero) is 1. The Morgan fingerprint density at radius 2 is 2.31 bits per heavy atom. The zero-order valence-electron chi connectivity index (χ0n) is 9.13. The topological polar surface area (TPSA) is 29.1 Å². The van der Waals surface area contributed by atoms with E-state index in [1.54, 1.807) is 30.9 Å². The van der Waals surface area contributed by atoms with Crippen LogP contribution in [0.15, 0.2) is 23.1 Å². The first-order chi connectivity index (χ1) is 7.70. The SMILES string of the molecule is CNCC(=O)c1ccc(SC2CC2)c(F)c1. The molecule has 0 amide bonds. The molecule has 0 radical (unpaired) electrons.